The van der Waals surface area contributed by atoms with Crippen molar-refractivity contribution in [3.8, 4) is 0 Å². The van der Waals surface area contributed by atoms with Gasteiger partial charge in [0.05, 0.1) is 12.2 Å². The lowest BCUT2D eigenvalue weighted by atomic mass is 9.98. The quantitative estimate of drug-likeness (QED) is 0.315. The largest absolute Gasteiger partial charge is 0.496 e. The average Bonchev–Trinajstić information content (AvgIpc) is 3.56. The Morgan fingerprint density at radius 3 is 2.67 bits per heavy atom. The van der Waals surface area contributed by atoms with Crippen molar-refractivity contribution in [2.24, 2.45) is 0 Å². The van der Waals surface area contributed by atoms with Crippen molar-refractivity contribution >= 4 is 16.7 Å². The molecule has 0 N–H and O–H groups in total. The van der Waals surface area contributed by atoms with Gasteiger partial charge in [-0.05, 0) is 64.8 Å². The summed E-state index contributed by atoms with van der Waals surface area (Å²) >= 11 is 0. The van der Waals surface area contributed by atoms with Crippen LogP contribution in [0.3, 0.4) is 0 Å². The number of ether oxygens (including phenoxy) is 1. The highest BCUT2D eigenvalue weighted by molar-refractivity contribution is 5.89. The van der Waals surface area contributed by atoms with Crippen LogP contribution in [0.5, 0.6) is 0 Å². The number of rotatable bonds is 5. The van der Waals surface area contributed by atoms with Crippen LogP contribution >= 0.6 is 0 Å². The van der Waals surface area contributed by atoms with Crippen molar-refractivity contribution in [3.63, 3.8) is 0 Å². The Morgan fingerprint density at radius 1 is 0.970 bits per heavy atom. The summed E-state index contributed by atoms with van der Waals surface area (Å²) in [6, 6.07) is 24.9. The van der Waals surface area contributed by atoms with E-state index < -0.39 is 0 Å². The van der Waals surface area contributed by atoms with Crippen molar-refractivity contribution in [2.45, 2.75) is 31.8 Å². The fourth-order valence-electron chi connectivity index (χ4n) is 4.89. The Bertz CT molecular complexity index is 1370. The van der Waals surface area contributed by atoms with Gasteiger partial charge in [-0.3, -0.25) is 0 Å². The van der Waals surface area contributed by atoms with Crippen LogP contribution in [0.15, 0.2) is 107 Å². The van der Waals surface area contributed by atoms with Crippen LogP contribution in [-0.2, 0) is 24.2 Å². The molecule has 2 aliphatic carbocycles. The van der Waals surface area contributed by atoms with Gasteiger partial charge in [-0.2, -0.15) is 0 Å². The first-order valence-corrected chi connectivity index (χ1v) is 11.5. The van der Waals surface area contributed by atoms with Crippen LogP contribution in [0.2, 0.25) is 0 Å². The van der Waals surface area contributed by atoms with Crippen LogP contribution in [-0.4, -0.2) is 4.98 Å². The minimum Gasteiger partial charge on any atom is -0.496 e. The second-order valence-electron chi connectivity index (χ2n) is 8.77. The predicted molar refractivity (Wildman–Crippen MR) is 132 cm³/mol. The molecule has 0 spiro atoms. The summed E-state index contributed by atoms with van der Waals surface area (Å²) in [7, 11) is 0. The summed E-state index contributed by atoms with van der Waals surface area (Å²) in [6.07, 6.45) is 7.67. The van der Waals surface area contributed by atoms with Crippen LogP contribution in [0.25, 0.3) is 16.7 Å². The van der Waals surface area contributed by atoms with E-state index in [-0.39, 0.29) is 5.92 Å². The molecule has 1 heterocycles. The molecule has 3 nitrogen and oxygen atoms in total. The standard InChI is InChI=1S/C30H25NO2/c1-20-25(30-31-28-12-5-6-13-29(28)33-30)17-26(23-8-3-2-4-9-23)27(20)19-32-18-21-14-15-22-10-7-11-24(22)16-21/h2-6,8-9,12-17,19,25H,1,7,10-11,18H2. The van der Waals surface area contributed by atoms with Gasteiger partial charge in [0.1, 0.15) is 12.1 Å². The summed E-state index contributed by atoms with van der Waals surface area (Å²) in [5.41, 5.74) is 9.97. The van der Waals surface area contributed by atoms with E-state index in [2.05, 4.69) is 55.1 Å². The summed E-state index contributed by atoms with van der Waals surface area (Å²) in [6.45, 7) is 4.95. The van der Waals surface area contributed by atoms with E-state index in [9.17, 15) is 0 Å². The van der Waals surface area contributed by atoms with Crippen molar-refractivity contribution in [3.05, 3.63) is 131 Å². The van der Waals surface area contributed by atoms with Gasteiger partial charge >= 0.3 is 0 Å². The molecule has 0 amide bonds. The van der Waals surface area contributed by atoms with E-state index in [1.807, 2.05) is 36.6 Å². The fraction of sp³-hybridized carbons (Fsp3) is 0.167. The third-order valence-electron chi connectivity index (χ3n) is 6.62. The maximum Gasteiger partial charge on any atom is 0.206 e. The highest BCUT2D eigenvalue weighted by atomic mass is 16.5. The molecular weight excluding hydrogens is 406 g/mol. The lowest BCUT2D eigenvalue weighted by Gasteiger charge is -2.11. The van der Waals surface area contributed by atoms with Gasteiger partial charge in [-0.1, -0.05) is 73.3 Å². The van der Waals surface area contributed by atoms with Gasteiger partial charge < -0.3 is 9.15 Å². The minimum atomic E-state index is -0.123. The smallest absolute Gasteiger partial charge is 0.206 e. The molecule has 0 saturated heterocycles. The number of hydrogen-bond donors (Lipinski definition) is 0. The summed E-state index contributed by atoms with van der Waals surface area (Å²) in [5, 5.41) is 0. The maximum absolute atomic E-state index is 6.11. The van der Waals surface area contributed by atoms with Gasteiger partial charge in [0.25, 0.3) is 0 Å². The lowest BCUT2D eigenvalue weighted by Crippen LogP contribution is -1.97. The van der Waals surface area contributed by atoms with Crippen LogP contribution in [0.1, 0.15) is 40.5 Å². The van der Waals surface area contributed by atoms with Crippen molar-refractivity contribution in [1.82, 2.24) is 4.98 Å². The average molecular weight is 432 g/mol. The molecule has 1 atom stereocenters. The summed E-state index contributed by atoms with van der Waals surface area (Å²) < 4.78 is 12.2. The number of nitrogens with zero attached hydrogens (tertiary/aromatic N) is 1. The van der Waals surface area contributed by atoms with Crippen molar-refractivity contribution < 1.29 is 9.15 Å². The van der Waals surface area contributed by atoms with E-state index >= 15 is 0 Å². The van der Waals surface area contributed by atoms with Gasteiger partial charge in [0.2, 0.25) is 5.89 Å². The number of hydrogen-bond acceptors (Lipinski definition) is 3. The van der Waals surface area contributed by atoms with Crippen LogP contribution in [0.4, 0.5) is 0 Å². The lowest BCUT2D eigenvalue weighted by molar-refractivity contribution is 0.235. The van der Waals surface area contributed by atoms with E-state index in [4.69, 9.17) is 14.1 Å². The van der Waals surface area contributed by atoms with Gasteiger partial charge in [0.15, 0.2) is 5.58 Å². The molecule has 0 bridgehead atoms. The Morgan fingerprint density at radius 2 is 1.79 bits per heavy atom. The first-order chi connectivity index (χ1) is 16.3. The molecule has 0 radical (unpaired) electrons. The summed E-state index contributed by atoms with van der Waals surface area (Å²) in [5.74, 6) is 0.541. The number of para-hydroxylation sites is 2. The molecule has 33 heavy (non-hydrogen) atoms. The first-order valence-electron chi connectivity index (χ1n) is 11.5. The van der Waals surface area contributed by atoms with E-state index in [1.54, 1.807) is 0 Å². The molecule has 3 heteroatoms. The number of fused-ring (bicyclic) bond motifs is 2. The van der Waals surface area contributed by atoms with Gasteiger partial charge in [-0.25, -0.2) is 4.98 Å². The zero-order valence-electron chi connectivity index (χ0n) is 18.5. The number of oxazole rings is 1. The molecule has 162 valence electrons. The second kappa shape index (κ2) is 8.25. The SMILES string of the molecule is C=C1C(=COCc2ccc3c(c2)CCC3)C(c2ccccc2)=CC1c1nc2ccccc2o1. The minimum absolute atomic E-state index is 0.123. The normalized spacial score (nSPS) is 18.7. The summed E-state index contributed by atoms with van der Waals surface area (Å²) in [4.78, 5) is 4.73. The highest BCUT2D eigenvalue weighted by Gasteiger charge is 2.31. The molecule has 4 aromatic rings. The Balaban J connectivity index is 1.31. The third kappa shape index (κ3) is 3.70. The fourth-order valence-corrected chi connectivity index (χ4v) is 4.89. The molecule has 0 fully saturated rings. The number of allylic oxidation sites excluding steroid dienone is 4. The Kier molecular flexibility index (Phi) is 4.95. The number of aryl methyl sites for hydroxylation is 2. The molecule has 3 aromatic carbocycles. The highest BCUT2D eigenvalue weighted by Crippen LogP contribution is 2.45. The number of benzene rings is 3. The molecule has 6 rings (SSSR count). The number of aromatic nitrogens is 1. The predicted octanol–water partition coefficient (Wildman–Crippen LogP) is 7.15. The molecule has 0 saturated carbocycles. The zero-order valence-corrected chi connectivity index (χ0v) is 18.5. The molecule has 1 aromatic heterocycles. The van der Waals surface area contributed by atoms with Crippen molar-refractivity contribution in [1.29, 1.82) is 0 Å². The van der Waals surface area contributed by atoms with E-state index in [0.717, 1.165) is 33.4 Å². The van der Waals surface area contributed by atoms with Crippen molar-refractivity contribution in [2.75, 3.05) is 0 Å². The Labute approximate surface area is 193 Å². The van der Waals surface area contributed by atoms with E-state index in [0.29, 0.717) is 12.5 Å². The Hall–Kier alpha value is -3.85. The molecule has 2 aliphatic rings. The van der Waals surface area contributed by atoms with Crippen LogP contribution < -0.4 is 0 Å². The topological polar surface area (TPSA) is 35.3 Å². The molecule has 0 aliphatic heterocycles. The maximum atomic E-state index is 6.11. The second-order valence-corrected chi connectivity index (χ2v) is 8.77. The molecular formula is C30H25NO2. The van der Waals surface area contributed by atoms with Gasteiger partial charge in [-0.15, -0.1) is 0 Å². The van der Waals surface area contributed by atoms with Crippen LogP contribution in [0, 0.1) is 0 Å². The monoisotopic (exact) mass is 431 g/mol. The zero-order chi connectivity index (χ0) is 22.2. The van der Waals surface area contributed by atoms with Gasteiger partial charge in [0, 0.05) is 5.57 Å². The molecule has 1 unspecified atom stereocenters. The first kappa shape index (κ1) is 19.8. The van der Waals surface area contributed by atoms with E-state index in [1.165, 1.54) is 36.0 Å². The third-order valence-corrected chi connectivity index (χ3v) is 6.62.